The molecule has 0 N–H and O–H groups in total. The van der Waals surface area contributed by atoms with E-state index in [4.69, 9.17) is 42.1 Å². The van der Waals surface area contributed by atoms with E-state index in [1.54, 1.807) is 61.5 Å². The van der Waals surface area contributed by atoms with Crippen LogP contribution >= 0.6 is 23.2 Å². The summed E-state index contributed by atoms with van der Waals surface area (Å²) >= 11 is 12.1. The van der Waals surface area contributed by atoms with Crippen LogP contribution in [-0.4, -0.2) is 25.0 Å². The maximum absolute atomic E-state index is 13.0. The highest BCUT2D eigenvalue weighted by atomic mass is 35.5. The molecule has 0 aromatic heterocycles. The van der Waals surface area contributed by atoms with Gasteiger partial charge in [0.25, 0.3) is 0 Å². The molecular weight excluding hydrogens is 479 g/mol. The molecule has 0 saturated heterocycles. The fraction of sp³-hybridized carbons (Fsp3) is 0.154. The predicted octanol–water partition coefficient (Wildman–Crippen LogP) is 6.05. The lowest BCUT2D eigenvalue weighted by atomic mass is 10.0. The van der Waals surface area contributed by atoms with Gasteiger partial charge in [-0.15, -0.1) is 0 Å². The number of ketones is 2. The highest BCUT2D eigenvalue weighted by Crippen LogP contribution is 2.41. The number of halogens is 2. The molecule has 0 atom stereocenters. The van der Waals surface area contributed by atoms with Crippen LogP contribution in [0.15, 0.2) is 54.3 Å². The van der Waals surface area contributed by atoms with E-state index in [1.807, 2.05) is 0 Å². The molecule has 0 fully saturated rings. The zero-order valence-electron chi connectivity index (χ0n) is 18.0. The number of benzene rings is 3. The van der Waals surface area contributed by atoms with E-state index in [9.17, 15) is 9.59 Å². The van der Waals surface area contributed by atoms with Crippen molar-refractivity contribution in [1.82, 2.24) is 0 Å². The Hall–Kier alpha value is -3.32. The molecule has 0 saturated carbocycles. The first-order valence-corrected chi connectivity index (χ1v) is 11.2. The van der Waals surface area contributed by atoms with Gasteiger partial charge in [0, 0.05) is 32.3 Å². The fourth-order valence-electron chi connectivity index (χ4n) is 3.84. The molecule has 0 unspecified atom stereocenters. The van der Waals surface area contributed by atoms with Gasteiger partial charge in [0.2, 0.25) is 5.78 Å². The minimum atomic E-state index is -0.261. The normalized spacial score (nSPS) is 15.4. The van der Waals surface area contributed by atoms with Crippen LogP contribution in [0.5, 0.6) is 17.2 Å². The van der Waals surface area contributed by atoms with Crippen LogP contribution in [0.25, 0.3) is 6.08 Å². The number of fused-ring (bicyclic) bond motifs is 2. The third-order valence-corrected chi connectivity index (χ3v) is 6.02. The van der Waals surface area contributed by atoms with Gasteiger partial charge in [0.15, 0.2) is 24.9 Å². The Bertz CT molecular complexity index is 1340. The molecule has 0 aliphatic carbocycles. The first-order valence-electron chi connectivity index (χ1n) is 10.4. The summed E-state index contributed by atoms with van der Waals surface area (Å²) in [5.41, 5.74) is 2.96. The summed E-state index contributed by atoms with van der Waals surface area (Å²) in [7, 11) is 0. The predicted molar refractivity (Wildman–Crippen MR) is 127 cm³/mol. The van der Waals surface area contributed by atoms with Crippen LogP contribution in [0.2, 0.25) is 10.0 Å². The molecule has 2 aliphatic rings. The van der Waals surface area contributed by atoms with E-state index in [0.29, 0.717) is 56.2 Å². The molecule has 0 radical (unpaired) electrons. The molecular formula is C26H18Cl2O6. The van der Waals surface area contributed by atoms with Gasteiger partial charge in [0.05, 0.1) is 12.2 Å². The van der Waals surface area contributed by atoms with Crippen molar-refractivity contribution in [3.63, 3.8) is 0 Å². The number of carbonyl (C=O) groups excluding carboxylic acids is 2. The minimum absolute atomic E-state index is 0.119. The van der Waals surface area contributed by atoms with Gasteiger partial charge in [-0.05, 0) is 61.5 Å². The summed E-state index contributed by atoms with van der Waals surface area (Å²) in [6, 6.07) is 13.4. The largest absolute Gasteiger partial charge is 0.485 e. The maximum Gasteiger partial charge on any atom is 0.231 e. The Labute approximate surface area is 205 Å². The van der Waals surface area contributed by atoms with Gasteiger partial charge in [0.1, 0.15) is 17.2 Å². The molecule has 0 amide bonds. The molecule has 6 nitrogen and oxygen atoms in total. The number of rotatable bonds is 5. The van der Waals surface area contributed by atoms with E-state index in [1.165, 1.54) is 0 Å². The van der Waals surface area contributed by atoms with Gasteiger partial charge in [-0.25, -0.2) is 0 Å². The SMILES string of the molecule is Cc1c(OCC(=O)c2ccc(Cl)cc2)ccc2c1O/C(=C\c1cc(Cl)cc3c1OCOC3)C2=O. The standard InChI is InChI=1S/C26H18Cl2O6/c1-14-22(32-12-21(29)15-2-4-18(27)5-3-15)7-6-20-24(30)23(34-25(14)20)10-16-8-19(28)9-17-11-31-13-33-26(16)17/h2-10H,11-13H2,1H3/b23-10-. The first kappa shape index (κ1) is 22.5. The van der Waals surface area contributed by atoms with Crippen molar-refractivity contribution in [2.24, 2.45) is 0 Å². The van der Waals surface area contributed by atoms with Gasteiger partial charge >= 0.3 is 0 Å². The summed E-state index contributed by atoms with van der Waals surface area (Å²) < 4.78 is 22.6. The zero-order chi connectivity index (χ0) is 23.8. The highest BCUT2D eigenvalue weighted by Gasteiger charge is 2.31. The number of carbonyl (C=O) groups is 2. The average Bonchev–Trinajstić information content (AvgIpc) is 3.15. The second-order valence-electron chi connectivity index (χ2n) is 7.82. The number of ether oxygens (including phenoxy) is 4. The van der Waals surface area contributed by atoms with Gasteiger partial charge in [-0.1, -0.05) is 23.2 Å². The smallest absolute Gasteiger partial charge is 0.231 e. The molecule has 3 aromatic carbocycles. The van der Waals surface area contributed by atoms with Crippen LogP contribution in [0, 0.1) is 6.92 Å². The number of allylic oxidation sites excluding steroid dienone is 1. The summed E-state index contributed by atoms with van der Waals surface area (Å²) in [5, 5.41) is 1.05. The number of Topliss-reactive ketones (excluding diaryl/α,β-unsaturated/α-hetero) is 2. The molecule has 2 heterocycles. The lowest BCUT2D eigenvalue weighted by molar-refractivity contribution is -0.0165. The zero-order valence-corrected chi connectivity index (χ0v) is 19.5. The Balaban J connectivity index is 1.38. The maximum atomic E-state index is 13.0. The Kier molecular flexibility index (Phi) is 6.04. The van der Waals surface area contributed by atoms with Gasteiger partial charge in [-0.3, -0.25) is 9.59 Å². The topological polar surface area (TPSA) is 71.1 Å². The fourth-order valence-corrected chi connectivity index (χ4v) is 4.22. The summed E-state index contributed by atoms with van der Waals surface area (Å²) in [4.78, 5) is 25.4. The third-order valence-electron chi connectivity index (χ3n) is 5.55. The van der Waals surface area contributed by atoms with Gasteiger partial charge < -0.3 is 18.9 Å². The monoisotopic (exact) mass is 496 g/mol. The summed E-state index contributed by atoms with van der Waals surface area (Å²) in [6.07, 6.45) is 1.61. The lowest BCUT2D eigenvalue weighted by Crippen LogP contribution is -2.12. The van der Waals surface area contributed by atoms with Crippen molar-refractivity contribution < 1.29 is 28.5 Å². The molecule has 172 valence electrons. The first-order chi connectivity index (χ1) is 16.4. The third kappa shape index (κ3) is 4.28. The Morgan fingerprint density at radius 1 is 1.06 bits per heavy atom. The van der Waals surface area contributed by atoms with Crippen molar-refractivity contribution in [3.05, 3.63) is 92.2 Å². The van der Waals surface area contributed by atoms with Crippen LogP contribution in [0.4, 0.5) is 0 Å². The summed E-state index contributed by atoms with van der Waals surface area (Å²) in [6.45, 7) is 2.11. The Morgan fingerprint density at radius 3 is 2.65 bits per heavy atom. The molecule has 34 heavy (non-hydrogen) atoms. The van der Waals surface area contributed by atoms with E-state index in [-0.39, 0.29) is 30.7 Å². The van der Waals surface area contributed by atoms with E-state index >= 15 is 0 Å². The molecule has 3 aromatic rings. The lowest BCUT2D eigenvalue weighted by Gasteiger charge is -2.20. The van der Waals surface area contributed by atoms with Crippen LogP contribution in [0.1, 0.15) is 37.4 Å². The van der Waals surface area contributed by atoms with E-state index in [0.717, 1.165) is 5.56 Å². The highest BCUT2D eigenvalue weighted by molar-refractivity contribution is 6.31. The van der Waals surface area contributed by atoms with Crippen molar-refractivity contribution >= 4 is 40.8 Å². The quantitative estimate of drug-likeness (QED) is 0.316. The molecule has 0 spiro atoms. The van der Waals surface area contributed by atoms with Crippen molar-refractivity contribution in [2.45, 2.75) is 13.5 Å². The van der Waals surface area contributed by atoms with Crippen molar-refractivity contribution in [3.8, 4) is 17.2 Å². The van der Waals surface area contributed by atoms with E-state index in [2.05, 4.69) is 0 Å². The minimum Gasteiger partial charge on any atom is -0.485 e. The Morgan fingerprint density at radius 2 is 1.85 bits per heavy atom. The van der Waals surface area contributed by atoms with Crippen molar-refractivity contribution in [1.29, 1.82) is 0 Å². The number of hydrogen-bond acceptors (Lipinski definition) is 6. The van der Waals surface area contributed by atoms with Crippen LogP contribution in [0.3, 0.4) is 0 Å². The molecule has 2 aliphatic heterocycles. The van der Waals surface area contributed by atoms with Crippen LogP contribution < -0.4 is 14.2 Å². The molecule has 8 heteroatoms. The second kappa shape index (κ2) is 9.14. The van der Waals surface area contributed by atoms with Gasteiger partial charge in [-0.2, -0.15) is 0 Å². The van der Waals surface area contributed by atoms with E-state index < -0.39 is 0 Å². The second-order valence-corrected chi connectivity index (χ2v) is 8.69. The number of hydrogen-bond donors (Lipinski definition) is 0. The van der Waals surface area contributed by atoms with Crippen molar-refractivity contribution in [2.75, 3.05) is 13.4 Å². The molecule has 0 bridgehead atoms. The average molecular weight is 497 g/mol. The van der Waals surface area contributed by atoms with Crippen LogP contribution in [-0.2, 0) is 11.3 Å². The summed E-state index contributed by atoms with van der Waals surface area (Å²) in [5.74, 6) is 1.15. The molecule has 5 rings (SSSR count).